The van der Waals surface area contributed by atoms with E-state index in [1.165, 1.54) is 11.8 Å². The molecule has 3 rings (SSSR count). The number of nitrogens with zero attached hydrogens (tertiary/aromatic N) is 3. The van der Waals surface area contributed by atoms with E-state index in [0.717, 1.165) is 5.69 Å². The predicted molar refractivity (Wildman–Crippen MR) is 107 cm³/mol. The van der Waals surface area contributed by atoms with Gasteiger partial charge in [-0.3, -0.25) is 4.79 Å². The zero-order valence-corrected chi connectivity index (χ0v) is 16.5. The van der Waals surface area contributed by atoms with E-state index in [2.05, 4.69) is 9.88 Å². The number of hydrogen-bond acceptors (Lipinski definition) is 6. The minimum Gasteiger partial charge on any atom is -0.452 e. The van der Waals surface area contributed by atoms with Gasteiger partial charge in [0.15, 0.2) is 6.61 Å². The average molecular weight is 406 g/mol. The van der Waals surface area contributed by atoms with Crippen LogP contribution in [-0.2, 0) is 9.53 Å². The van der Waals surface area contributed by atoms with Crippen LogP contribution >= 0.6 is 23.4 Å². The molecule has 0 saturated carbocycles. The molecule has 0 unspecified atom stereocenters. The van der Waals surface area contributed by atoms with E-state index < -0.39 is 5.97 Å². The molecule has 0 aliphatic carbocycles. The maximum absolute atomic E-state index is 12.4. The first-order valence-electron chi connectivity index (χ1n) is 8.53. The Kier molecular flexibility index (Phi) is 6.58. The van der Waals surface area contributed by atoms with E-state index in [-0.39, 0.29) is 12.5 Å². The number of benzene rings is 1. The molecular weight excluding hydrogens is 386 g/mol. The van der Waals surface area contributed by atoms with Crippen LogP contribution in [0.3, 0.4) is 0 Å². The molecule has 0 atom stereocenters. The zero-order valence-electron chi connectivity index (χ0n) is 14.9. The van der Waals surface area contributed by atoms with E-state index in [4.69, 9.17) is 16.3 Å². The van der Waals surface area contributed by atoms with Crippen molar-refractivity contribution in [1.82, 2.24) is 9.88 Å². The molecule has 8 heteroatoms. The van der Waals surface area contributed by atoms with Gasteiger partial charge < -0.3 is 14.5 Å². The molecule has 2 heterocycles. The van der Waals surface area contributed by atoms with Gasteiger partial charge >= 0.3 is 5.97 Å². The smallest absolute Gasteiger partial charge is 0.341 e. The van der Waals surface area contributed by atoms with Crippen LogP contribution in [0.2, 0.25) is 5.02 Å². The van der Waals surface area contributed by atoms with E-state index in [9.17, 15) is 9.59 Å². The largest absolute Gasteiger partial charge is 0.452 e. The number of aromatic nitrogens is 1. The maximum atomic E-state index is 12.4. The summed E-state index contributed by atoms with van der Waals surface area (Å²) in [5, 5.41) is 1.28. The summed E-state index contributed by atoms with van der Waals surface area (Å²) < 4.78 is 5.20. The van der Waals surface area contributed by atoms with Gasteiger partial charge in [0.05, 0.1) is 5.56 Å². The Hall–Kier alpha value is -2.25. The van der Waals surface area contributed by atoms with Crippen molar-refractivity contribution in [2.75, 3.05) is 43.9 Å². The molecule has 27 heavy (non-hydrogen) atoms. The minimum atomic E-state index is -0.529. The number of carbonyl (C=O) groups is 2. The molecule has 1 amide bonds. The molecular formula is C19H20ClN3O3S. The van der Waals surface area contributed by atoms with Gasteiger partial charge in [0.1, 0.15) is 5.03 Å². The summed E-state index contributed by atoms with van der Waals surface area (Å²) in [6, 6.07) is 11.0. The molecule has 0 radical (unpaired) electrons. The predicted octanol–water partition coefficient (Wildman–Crippen LogP) is 2.96. The van der Waals surface area contributed by atoms with Crippen LogP contribution in [0.15, 0.2) is 47.6 Å². The first-order valence-corrected chi connectivity index (χ1v) is 10.1. The molecule has 1 aromatic heterocycles. The number of halogens is 1. The average Bonchev–Trinajstić information content (AvgIpc) is 2.71. The highest BCUT2D eigenvalue weighted by molar-refractivity contribution is 7.98. The van der Waals surface area contributed by atoms with Crippen LogP contribution in [-0.4, -0.2) is 60.8 Å². The third-order valence-electron chi connectivity index (χ3n) is 4.32. The fourth-order valence-corrected chi connectivity index (χ4v) is 3.61. The van der Waals surface area contributed by atoms with Gasteiger partial charge in [-0.15, -0.1) is 11.8 Å². The maximum Gasteiger partial charge on any atom is 0.341 e. The van der Waals surface area contributed by atoms with Crippen molar-refractivity contribution in [3.63, 3.8) is 0 Å². The van der Waals surface area contributed by atoms with Crippen molar-refractivity contribution in [2.24, 2.45) is 0 Å². The Morgan fingerprint density at radius 1 is 1.19 bits per heavy atom. The summed E-state index contributed by atoms with van der Waals surface area (Å²) in [4.78, 5) is 32.6. The number of pyridine rings is 1. The second-order valence-corrected chi connectivity index (χ2v) is 7.22. The quantitative estimate of drug-likeness (QED) is 0.563. The van der Waals surface area contributed by atoms with Gasteiger partial charge in [-0.05, 0) is 36.6 Å². The van der Waals surface area contributed by atoms with E-state index in [1.807, 2.05) is 30.5 Å². The Balaban J connectivity index is 1.50. The monoisotopic (exact) mass is 405 g/mol. The van der Waals surface area contributed by atoms with Crippen molar-refractivity contribution >= 4 is 40.9 Å². The Bertz CT molecular complexity index is 825. The molecule has 0 N–H and O–H groups in total. The number of anilines is 1. The minimum absolute atomic E-state index is 0.191. The van der Waals surface area contributed by atoms with Crippen LogP contribution in [0.1, 0.15) is 10.4 Å². The van der Waals surface area contributed by atoms with Crippen molar-refractivity contribution < 1.29 is 14.3 Å². The van der Waals surface area contributed by atoms with Crippen molar-refractivity contribution in [3.8, 4) is 0 Å². The highest BCUT2D eigenvalue weighted by Gasteiger charge is 2.23. The Morgan fingerprint density at radius 3 is 2.67 bits per heavy atom. The molecule has 1 aliphatic heterocycles. The summed E-state index contributed by atoms with van der Waals surface area (Å²) in [7, 11) is 0. The molecule has 142 valence electrons. The number of rotatable bonds is 5. The number of amides is 1. The number of carbonyl (C=O) groups excluding carboxylic acids is 2. The van der Waals surface area contributed by atoms with Gasteiger partial charge in [0, 0.05) is 43.1 Å². The first-order chi connectivity index (χ1) is 13.1. The summed E-state index contributed by atoms with van der Waals surface area (Å²) in [6.45, 7) is 2.30. The molecule has 1 aliphatic rings. The Morgan fingerprint density at radius 2 is 1.96 bits per heavy atom. The molecule has 6 nitrogen and oxygen atoms in total. The van der Waals surface area contributed by atoms with Crippen LogP contribution in [0.5, 0.6) is 0 Å². The summed E-state index contributed by atoms with van der Waals surface area (Å²) in [6.07, 6.45) is 3.46. The van der Waals surface area contributed by atoms with Gasteiger partial charge in [-0.1, -0.05) is 17.7 Å². The highest BCUT2D eigenvalue weighted by atomic mass is 35.5. The van der Waals surface area contributed by atoms with Crippen LogP contribution in [0.25, 0.3) is 0 Å². The molecule has 1 saturated heterocycles. The van der Waals surface area contributed by atoms with Gasteiger partial charge in [-0.2, -0.15) is 0 Å². The lowest BCUT2D eigenvalue weighted by Crippen LogP contribution is -2.49. The highest BCUT2D eigenvalue weighted by Crippen LogP contribution is 2.21. The van der Waals surface area contributed by atoms with Crippen molar-refractivity contribution in [2.45, 2.75) is 5.03 Å². The molecule has 0 bridgehead atoms. The normalized spacial score (nSPS) is 14.1. The van der Waals surface area contributed by atoms with Crippen molar-refractivity contribution in [3.05, 3.63) is 53.2 Å². The molecule has 1 aromatic carbocycles. The third-order valence-corrected chi connectivity index (χ3v) is 5.26. The first kappa shape index (κ1) is 19.5. The van der Waals surface area contributed by atoms with Crippen LogP contribution in [0, 0.1) is 0 Å². The van der Waals surface area contributed by atoms with E-state index >= 15 is 0 Å². The zero-order chi connectivity index (χ0) is 19.2. The van der Waals surface area contributed by atoms with Gasteiger partial charge in [-0.25, -0.2) is 9.78 Å². The number of ether oxygens (including phenoxy) is 1. The lowest BCUT2D eigenvalue weighted by atomic mass is 10.2. The number of hydrogen-bond donors (Lipinski definition) is 0. The second-order valence-electron chi connectivity index (χ2n) is 5.98. The number of piperazine rings is 1. The second kappa shape index (κ2) is 9.10. The standard InChI is InChI=1S/C19H20ClN3O3S/c1-27-18-16(6-3-7-21-18)19(25)26-13-17(24)23-10-8-22(9-11-23)15-5-2-4-14(20)12-15/h2-7,12H,8-11,13H2,1H3. The van der Waals surface area contributed by atoms with E-state index in [1.54, 1.807) is 23.2 Å². The van der Waals surface area contributed by atoms with Gasteiger partial charge in [0.2, 0.25) is 0 Å². The summed E-state index contributed by atoms with van der Waals surface area (Å²) in [5.41, 5.74) is 1.42. The number of thioether (sulfide) groups is 1. The molecule has 1 fully saturated rings. The van der Waals surface area contributed by atoms with Gasteiger partial charge in [0.25, 0.3) is 5.91 Å². The Labute approximate surface area is 167 Å². The summed E-state index contributed by atoms with van der Waals surface area (Å²) >= 11 is 7.40. The third kappa shape index (κ3) is 4.93. The molecule has 2 aromatic rings. The fraction of sp³-hybridized carbons (Fsp3) is 0.316. The number of esters is 1. The fourth-order valence-electron chi connectivity index (χ4n) is 2.89. The van der Waals surface area contributed by atoms with Crippen molar-refractivity contribution in [1.29, 1.82) is 0 Å². The van der Waals surface area contributed by atoms with E-state index in [0.29, 0.717) is 41.8 Å². The topological polar surface area (TPSA) is 62.7 Å². The lowest BCUT2D eigenvalue weighted by Gasteiger charge is -2.36. The lowest BCUT2D eigenvalue weighted by molar-refractivity contribution is -0.134. The SMILES string of the molecule is CSc1ncccc1C(=O)OCC(=O)N1CCN(c2cccc(Cl)c2)CC1. The summed E-state index contributed by atoms with van der Waals surface area (Å²) in [5.74, 6) is -0.720. The van der Waals surface area contributed by atoms with Crippen LogP contribution in [0.4, 0.5) is 5.69 Å². The van der Waals surface area contributed by atoms with Crippen LogP contribution < -0.4 is 4.90 Å². The molecule has 0 spiro atoms.